The molecule has 1 aliphatic heterocycles. The van der Waals surface area contributed by atoms with E-state index in [0.29, 0.717) is 0 Å². The lowest BCUT2D eigenvalue weighted by atomic mass is 10.1. The Morgan fingerprint density at radius 2 is 1.95 bits per heavy atom. The molecule has 5 heteroatoms. The summed E-state index contributed by atoms with van der Waals surface area (Å²) in [7, 11) is 3.93. The van der Waals surface area contributed by atoms with Gasteiger partial charge in [0.1, 0.15) is 6.17 Å². The summed E-state index contributed by atoms with van der Waals surface area (Å²) in [6.07, 6.45) is 0.933. The van der Waals surface area contributed by atoms with Crippen LogP contribution in [0.1, 0.15) is 12.5 Å². The summed E-state index contributed by atoms with van der Waals surface area (Å²) in [6, 6.07) is 10.4. The number of hydrogen-bond acceptors (Lipinski definition) is 5. The summed E-state index contributed by atoms with van der Waals surface area (Å²) in [5.41, 5.74) is 1.32. The fraction of sp³-hybridized carbons (Fsp3) is 0.429. The van der Waals surface area contributed by atoms with E-state index in [-0.39, 0.29) is 6.17 Å². The third kappa shape index (κ3) is 3.98. The van der Waals surface area contributed by atoms with Gasteiger partial charge in [-0.1, -0.05) is 30.3 Å². The molecule has 1 heterocycles. The van der Waals surface area contributed by atoms with Crippen molar-refractivity contribution >= 4 is 11.9 Å². The lowest BCUT2D eigenvalue weighted by molar-refractivity contribution is 0.578. The van der Waals surface area contributed by atoms with Crippen molar-refractivity contribution in [2.24, 2.45) is 9.98 Å². The first kappa shape index (κ1) is 13.4. The number of benzene rings is 1. The highest BCUT2D eigenvalue weighted by Crippen LogP contribution is 2.00. The van der Waals surface area contributed by atoms with E-state index < -0.39 is 0 Å². The molecule has 0 aromatic heterocycles. The van der Waals surface area contributed by atoms with Crippen LogP contribution in [0.3, 0.4) is 0 Å². The molecular formula is C14H21N5. The topological polar surface area (TPSA) is 52.0 Å². The van der Waals surface area contributed by atoms with E-state index >= 15 is 0 Å². The van der Waals surface area contributed by atoms with Crippen molar-refractivity contribution in [3.63, 3.8) is 0 Å². The van der Waals surface area contributed by atoms with E-state index in [1.165, 1.54) is 5.56 Å². The molecule has 2 N–H and O–H groups in total. The maximum atomic E-state index is 4.43. The van der Waals surface area contributed by atoms with E-state index in [1.807, 2.05) is 32.0 Å². The van der Waals surface area contributed by atoms with Crippen molar-refractivity contribution in [2.75, 3.05) is 20.6 Å². The monoisotopic (exact) mass is 259 g/mol. The second-order valence-electron chi connectivity index (χ2n) is 4.74. The van der Waals surface area contributed by atoms with Crippen LogP contribution in [0.15, 0.2) is 40.3 Å². The summed E-state index contributed by atoms with van der Waals surface area (Å²) in [5, 5.41) is 6.50. The van der Waals surface area contributed by atoms with Crippen molar-refractivity contribution < 1.29 is 0 Å². The molecule has 0 saturated heterocycles. The maximum Gasteiger partial charge on any atom is 0.202 e. The third-order valence-corrected chi connectivity index (χ3v) is 2.83. The highest BCUT2D eigenvalue weighted by atomic mass is 15.4. The second kappa shape index (κ2) is 6.22. The van der Waals surface area contributed by atoms with Crippen LogP contribution in [0.25, 0.3) is 0 Å². The van der Waals surface area contributed by atoms with Gasteiger partial charge in [-0.05, 0) is 18.9 Å². The van der Waals surface area contributed by atoms with E-state index in [4.69, 9.17) is 0 Å². The standard InChI is InChI=1S/C14H21N5/c1-11-16-13(18-14(17-11)19(2)3)15-10-9-12-7-5-4-6-8-12/h4-8,11H,9-10H2,1-3H3,(H2,15,16,17,18). The minimum absolute atomic E-state index is 0.0436. The van der Waals surface area contributed by atoms with Gasteiger partial charge in [0.2, 0.25) is 5.96 Å². The number of nitrogens with one attached hydrogen (secondary N) is 2. The SMILES string of the molecule is CC1N=C(NCCc2ccccc2)NC(N(C)C)=N1. The van der Waals surface area contributed by atoms with Crippen molar-refractivity contribution in [3.05, 3.63) is 35.9 Å². The third-order valence-electron chi connectivity index (χ3n) is 2.83. The normalized spacial score (nSPS) is 18.2. The molecule has 19 heavy (non-hydrogen) atoms. The Kier molecular flexibility index (Phi) is 4.39. The number of hydrogen-bond donors (Lipinski definition) is 2. The fourth-order valence-corrected chi connectivity index (χ4v) is 1.85. The zero-order valence-corrected chi connectivity index (χ0v) is 11.7. The predicted octanol–water partition coefficient (Wildman–Crippen LogP) is 1.04. The summed E-state index contributed by atoms with van der Waals surface area (Å²) < 4.78 is 0. The molecule has 1 aliphatic rings. The molecule has 0 saturated carbocycles. The predicted molar refractivity (Wildman–Crippen MR) is 79.3 cm³/mol. The Balaban J connectivity index is 1.83. The van der Waals surface area contributed by atoms with E-state index in [9.17, 15) is 0 Å². The van der Waals surface area contributed by atoms with Crippen molar-refractivity contribution in [2.45, 2.75) is 19.5 Å². The van der Waals surface area contributed by atoms with Gasteiger partial charge >= 0.3 is 0 Å². The molecule has 0 amide bonds. The van der Waals surface area contributed by atoms with Crippen molar-refractivity contribution in [1.29, 1.82) is 0 Å². The molecule has 102 valence electrons. The Bertz CT molecular complexity index is 464. The van der Waals surface area contributed by atoms with Crippen LogP contribution < -0.4 is 10.6 Å². The minimum atomic E-state index is -0.0436. The minimum Gasteiger partial charge on any atom is -0.356 e. The first-order valence-electron chi connectivity index (χ1n) is 6.53. The molecule has 5 nitrogen and oxygen atoms in total. The molecule has 0 spiro atoms. The number of aliphatic imine (C=N–C) groups is 2. The molecular weight excluding hydrogens is 238 g/mol. The highest BCUT2D eigenvalue weighted by molar-refractivity contribution is 5.99. The van der Waals surface area contributed by atoms with Gasteiger partial charge in [0.25, 0.3) is 0 Å². The zero-order chi connectivity index (χ0) is 13.7. The molecule has 1 atom stereocenters. The fourth-order valence-electron chi connectivity index (χ4n) is 1.85. The van der Waals surface area contributed by atoms with Gasteiger partial charge in [-0.25, -0.2) is 9.98 Å². The number of nitrogens with zero attached hydrogens (tertiary/aromatic N) is 3. The molecule has 1 aromatic carbocycles. The van der Waals surface area contributed by atoms with Crippen LogP contribution in [-0.4, -0.2) is 43.6 Å². The maximum absolute atomic E-state index is 4.43. The summed E-state index contributed by atoms with van der Waals surface area (Å²) in [5.74, 6) is 1.63. The Morgan fingerprint density at radius 3 is 2.63 bits per heavy atom. The quantitative estimate of drug-likeness (QED) is 0.853. The zero-order valence-electron chi connectivity index (χ0n) is 11.7. The van der Waals surface area contributed by atoms with Crippen LogP contribution in [0.4, 0.5) is 0 Å². The van der Waals surface area contributed by atoms with Gasteiger partial charge in [0, 0.05) is 20.6 Å². The molecule has 0 fully saturated rings. The van der Waals surface area contributed by atoms with Gasteiger partial charge in [-0.15, -0.1) is 0 Å². The van der Waals surface area contributed by atoms with Crippen LogP contribution in [0.2, 0.25) is 0 Å². The van der Waals surface area contributed by atoms with Crippen molar-refractivity contribution in [3.8, 4) is 0 Å². The largest absolute Gasteiger partial charge is 0.356 e. The summed E-state index contributed by atoms with van der Waals surface area (Å²) in [4.78, 5) is 10.8. The van der Waals surface area contributed by atoms with Crippen molar-refractivity contribution in [1.82, 2.24) is 15.5 Å². The van der Waals surface area contributed by atoms with Crippen LogP contribution >= 0.6 is 0 Å². The van der Waals surface area contributed by atoms with E-state index in [1.54, 1.807) is 0 Å². The Hall–Kier alpha value is -2.04. The van der Waals surface area contributed by atoms with Crippen LogP contribution in [0, 0.1) is 0 Å². The molecule has 0 bridgehead atoms. The van der Waals surface area contributed by atoms with E-state index in [2.05, 4.69) is 44.9 Å². The molecule has 1 aromatic rings. The smallest absolute Gasteiger partial charge is 0.202 e. The summed E-state index contributed by atoms with van der Waals surface area (Å²) >= 11 is 0. The van der Waals surface area contributed by atoms with Gasteiger partial charge < -0.3 is 10.2 Å². The lowest BCUT2D eigenvalue weighted by Crippen LogP contribution is -2.49. The lowest BCUT2D eigenvalue weighted by Gasteiger charge is -2.24. The van der Waals surface area contributed by atoms with Gasteiger partial charge in [-0.3, -0.25) is 5.32 Å². The molecule has 2 rings (SSSR count). The number of guanidine groups is 2. The second-order valence-corrected chi connectivity index (χ2v) is 4.74. The molecule has 0 radical (unpaired) electrons. The first-order valence-corrected chi connectivity index (χ1v) is 6.53. The average molecular weight is 259 g/mol. The van der Waals surface area contributed by atoms with E-state index in [0.717, 1.165) is 24.9 Å². The Morgan fingerprint density at radius 1 is 1.21 bits per heavy atom. The Labute approximate surface area is 114 Å². The number of rotatable bonds is 3. The summed E-state index contributed by atoms with van der Waals surface area (Å²) in [6.45, 7) is 2.83. The first-order chi connectivity index (χ1) is 9.15. The van der Waals surface area contributed by atoms with Crippen LogP contribution in [-0.2, 0) is 6.42 Å². The van der Waals surface area contributed by atoms with Crippen LogP contribution in [0.5, 0.6) is 0 Å². The van der Waals surface area contributed by atoms with Gasteiger partial charge in [0.05, 0.1) is 0 Å². The average Bonchev–Trinajstić information content (AvgIpc) is 2.39. The molecule has 0 aliphatic carbocycles. The highest BCUT2D eigenvalue weighted by Gasteiger charge is 2.13. The molecule has 1 unspecified atom stereocenters. The van der Waals surface area contributed by atoms with Gasteiger partial charge in [-0.2, -0.15) is 0 Å². The van der Waals surface area contributed by atoms with Gasteiger partial charge in [0.15, 0.2) is 5.96 Å².